The molecule has 1 aliphatic rings. The van der Waals surface area contributed by atoms with Crippen LogP contribution in [0.4, 0.5) is 5.69 Å². The minimum Gasteiger partial charge on any atom is -0.365 e. The van der Waals surface area contributed by atoms with Crippen LogP contribution in [0.2, 0.25) is 0 Å². The van der Waals surface area contributed by atoms with Crippen molar-refractivity contribution in [1.29, 1.82) is 0 Å². The van der Waals surface area contributed by atoms with Crippen LogP contribution >= 0.6 is 0 Å². The molecular formula is C27H26N2O2. The Hall–Kier alpha value is -3.66. The number of anilines is 1. The summed E-state index contributed by atoms with van der Waals surface area (Å²) in [6, 6.07) is 23.4. The highest BCUT2D eigenvalue weighted by molar-refractivity contribution is 6.45. The van der Waals surface area contributed by atoms with Crippen molar-refractivity contribution in [3.63, 3.8) is 0 Å². The van der Waals surface area contributed by atoms with Gasteiger partial charge >= 0.3 is 0 Å². The van der Waals surface area contributed by atoms with Gasteiger partial charge in [0.05, 0.1) is 11.3 Å². The Kier molecular flexibility index (Phi) is 5.47. The van der Waals surface area contributed by atoms with E-state index in [-0.39, 0.29) is 11.8 Å². The molecule has 3 aromatic rings. The van der Waals surface area contributed by atoms with Crippen molar-refractivity contribution >= 4 is 23.1 Å². The number of carbonyl (C=O) groups is 2. The van der Waals surface area contributed by atoms with Crippen LogP contribution in [0.3, 0.4) is 0 Å². The maximum absolute atomic E-state index is 13.6. The molecule has 0 saturated carbocycles. The molecule has 0 bridgehead atoms. The maximum Gasteiger partial charge on any atom is 0.282 e. The molecule has 4 nitrogen and oxygen atoms in total. The fourth-order valence-corrected chi connectivity index (χ4v) is 4.07. The molecule has 3 aromatic carbocycles. The first kappa shape index (κ1) is 20.6. The molecule has 1 aliphatic heterocycles. The van der Waals surface area contributed by atoms with Crippen LogP contribution in [0.25, 0.3) is 5.57 Å². The smallest absolute Gasteiger partial charge is 0.282 e. The normalized spacial score (nSPS) is 13.9. The summed E-state index contributed by atoms with van der Waals surface area (Å²) in [7, 11) is 1.87. The monoisotopic (exact) mass is 410 g/mol. The number of carbonyl (C=O) groups excluding carboxylic acids is 2. The quantitative estimate of drug-likeness (QED) is 0.554. The van der Waals surface area contributed by atoms with E-state index in [1.54, 1.807) is 0 Å². The molecule has 1 heterocycles. The average Bonchev–Trinajstić information content (AvgIpc) is 3.00. The number of likely N-dealkylation sites (N-methyl/N-ethyl adjacent to an activating group) is 1. The minimum atomic E-state index is -0.290. The van der Waals surface area contributed by atoms with E-state index in [0.717, 1.165) is 27.8 Å². The van der Waals surface area contributed by atoms with Gasteiger partial charge in [-0.2, -0.15) is 0 Å². The lowest BCUT2D eigenvalue weighted by Gasteiger charge is -2.22. The summed E-state index contributed by atoms with van der Waals surface area (Å²) < 4.78 is 0. The Bertz CT molecular complexity index is 1180. The Morgan fingerprint density at radius 3 is 2.06 bits per heavy atom. The molecule has 31 heavy (non-hydrogen) atoms. The van der Waals surface area contributed by atoms with Crippen LogP contribution in [-0.2, 0) is 16.1 Å². The van der Waals surface area contributed by atoms with Gasteiger partial charge in [0.1, 0.15) is 5.70 Å². The highest BCUT2D eigenvalue weighted by Gasteiger charge is 2.42. The topological polar surface area (TPSA) is 40.6 Å². The van der Waals surface area contributed by atoms with Crippen LogP contribution in [0.15, 0.2) is 78.5 Å². The summed E-state index contributed by atoms with van der Waals surface area (Å²) in [6.45, 7) is 6.52. The molecule has 0 aliphatic carbocycles. The van der Waals surface area contributed by atoms with Crippen molar-refractivity contribution in [2.75, 3.05) is 11.9 Å². The predicted molar refractivity (Wildman–Crippen MR) is 124 cm³/mol. The van der Waals surface area contributed by atoms with Crippen LogP contribution in [0, 0.1) is 20.8 Å². The van der Waals surface area contributed by atoms with Crippen molar-refractivity contribution in [1.82, 2.24) is 4.90 Å². The second-order valence-corrected chi connectivity index (χ2v) is 8.16. The van der Waals surface area contributed by atoms with Crippen molar-refractivity contribution in [3.05, 3.63) is 106 Å². The summed E-state index contributed by atoms with van der Waals surface area (Å²) in [5, 5.41) is 0. The number of rotatable bonds is 5. The largest absolute Gasteiger partial charge is 0.365 e. The standard InChI is InChI=1S/C27H26N2O2/c1-18-10-13-22(14-11-18)29-26(30)24(23-15-12-19(2)16-20(23)3)25(27(29)31)28(4)17-21-8-6-5-7-9-21/h5-16H,17H2,1-4H3. The first-order valence-corrected chi connectivity index (χ1v) is 10.4. The molecule has 0 aromatic heterocycles. The van der Waals surface area contributed by atoms with Gasteiger partial charge in [-0.3, -0.25) is 9.59 Å². The third kappa shape index (κ3) is 3.89. The van der Waals surface area contributed by atoms with Gasteiger partial charge in [0.15, 0.2) is 0 Å². The second kappa shape index (κ2) is 8.23. The molecule has 156 valence electrons. The minimum absolute atomic E-state index is 0.282. The fourth-order valence-electron chi connectivity index (χ4n) is 4.07. The molecule has 0 N–H and O–H groups in total. The number of nitrogens with zero attached hydrogens (tertiary/aromatic N) is 2. The molecule has 0 unspecified atom stereocenters. The van der Waals surface area contributed by atoms with Gasteiger partial charge in [-0.1, -0.05) is 71.8 Å². The molecule has 0 spiro atoms. The molecule has 0 radical (unpaired) electrons. The average molecular weight is 411 g/mol. The lowest BCUT2D eigenvalue weighted by atomic mass is 9.97. The van der Waals surface area contributed by atoms with Crippen molar-refractivity contribution in [2.45, 2.75) is 27.3 Å². The molecular weight excluding hydrogens is 384 g/mol. The lowest BCUT2D eigenvalue weighted by molar-refractivity contribution is -0.120. The molecule has 0 saturated heterocycles. The highest BCUT2D eigenvalue weighted by Crippen LogP contribution is 2.36. The van der Waals surface area contributed by atoms with E-state index in [4.69, 9.17) is 0 Å². The van der Waals surface area contributed by atoms with Gasteiger partial charge in [-0.15, -0.1) is 0 Å². The summed E-state index contributed by atoms with van der Waals surface area (Å²) in [6.07, 6.45) is 0. The molecule has 2 amide bonds. The van der Waals surface area contributed by atoms with E-state index >= 15 is 0 Å². The van der Waals surface area contributed by atoms with E-state index in [0.29, 0.717) is 23.5 Å². The summed E-state index contributed by atoms with van der Waals surface area (Å²) in [4.78, 5) is 30.4. The number of imide groups is 1. The maximum atomic E-state index is 13.6. The zero-order valence-electron chi connectivity index (χ0n) is 18.3. The lowest BCUT2D eigenvalue weighted by Crippen LogP contribution is -2.34. The van der Waals surface area contributed by atoms with Crippen molar-refractivity contribution < 1.29 is 9.59 Å². The second-order valence-electron chi connectivity index (χ2n) is 8.16. The summed E-state index contributed by atoms with van der Waals surface area (Å²) in [5.41, 5.74) is 6.53. The Morgan fingerprint density at radius 2 is 1.42 bits per heavy atom. The first-order chi connectivity index (χ1) is 14.9. The van der Waals surface area contributed by atoms with E-state index in [1.807, 2.05) is 106 Å². The Labute approximate surface area is 183 Å². The van der Waals surface area contributed by atoms with Crippen molar-refractivity contribution in [2.24, 2.45) is 0 Å². The van der Waals surface area contributed by atoms with Crippen LogP contribution in [-0.4, -0.2) is 23.8 Å². The zero-order valence-corrected chi connectivity index (χ0v) is 18.3. The first-order valence-electron chi connectivity index (χ1n) is 10.4. The SMILES string of the molecule is Cc1ccc(N2C(=O)C(c3ccc(C)cc3C)=C(N(C)Cc3ccccc3)C2=O)cc1. The van der Waals surface area contributed by atoms with Gasteiger partial charge in [-0.05, 0) is 49.6 Å². The van der Waals surface area contributed by atoms with Gasteiger partial charge in [-0.25, -0.2) is 4.90 Å². The van der Waals surface area contributed by atoms with Gasteiger partial charge in [0, 0.05) is 13.6 Å². The molecule has 0 atom stereocenters. The number of aryl methyl sites for hydroxylation is 3. The fraction of sp³-hybridized carbons (Fsp3) is 0.185. The van der Waals surface area contributed by atoms with Gasteiger partial charge < -0.3 is 4.90 Å². The van der Waals surface area contributed by atoms with Crippen LogP contribution in [0.1, 0.15) is 27.8 Å². The molecule has 4 rings (SSSR count). The van der Waals surface area contributed by atoms with E-state index in [1.165, 1.54) is 4.90 Å². The van der Waals surface area contributed by atoms with Crippen LogP contribution in [0.5, 0.6) is 0 Å². The zero-order chi connectivity index (χ0) is 22.1. The third-order valence-corrected chi connectivity index (χ3v) is 5.65. The Morgan fingerprint density at radius 1 is 0.774 bits per heavy atom. The molecule has 0 fully saturated rings. The highest BCUT2D eigenvalue weighted by atomic mass is 16.2. The summed E-state index contributed by atoms with van der Waals surface area (Å²) >= 11 is 0. The van der Waals surface area contributed by atoms with Crippen molar-refractivity contribution in [3.8, 4) is 0 Å². The van der Waals surface area contributed by atoms with Gasteiger partial charge in [0.2, 0.25) is 0 Å². The number of amides is 2. The molecule has 4 heteroatoms. The van der Waals surface area contributed by atoms with E-state index < -0.39 is 0 Å². The number of hydrogen-bond donors (Lipinski definition) is 0. The number of hydrogen-bond acceptors (Lipinski definition) is 3. The van der Waals surface area contributed by atoms with E-state index in [9.17, 15) is 9.59 Å². The Balaban J connectivity index is 1.83. The van der Waals surface area contributed by atoms with Crippen LogP contribution < -0.4 is 4.90 Å². The third-order valence-electron chi connectivity index (χ3n) is 5.65. The number of benzene rings is 3. The van der Waals surface area contributed by atoms with E-state index in [2.05, 4.69) is 0 Å². The van der Waals surface area contributed by atoms with Gasteiger partial charge in [0.25, 0.3) is 11.8 Å². The summed E-state index contributed by atoms with van der Waals surface area (Å²) in [5.74, 6) is -0.571. The predicted octanol–water partition coefficient (Wildman–Crippen LogP) is 5.03.